The van der Waals surface area contributed by atoms with E-state index in [4.69, 9.17) is 5.11 Å². The maximum atomic E-state index is 10.4. The van der Waals surface area contributed by atoms with E-state index in [2.05, 4.69) is 19.1 Å². The van der Waals surface area contributed by atoms with Gasteiger partial charge in [0.25, 0.3) is 0 Å². The molecule has 0 aliphatic heterocycles. The minimum atomic E-state index is -0.657. The summed E-state index contributed by atoms with van der Waals surface area (Å²) >= 11 is 0. The fraction of sp³-hybridized carbons (Fsp3) is 0.880. The molecule has 0 unspecified atom stereocenters. The molecular formula is C25H48O2. The van der Waals surface area contributed by atoms with Crippen LogP contribution in [0.15, 0.2) is 12.2 Å². The van der Waals surface area contributed by atoms with Crippen LogP contribution in [0.1, 0.15) is 142 Å². The van der Waals surface area contributed by atoms with E-state index < -0.39 is 5.97 Å². The van der Waals surface area contributed by atoms with Gasteiger partial charge in [0, 0.05) is 6.42 Å². The minimum Gasteiger partial charge on any atom is -0.481 e. The number of allylic oxidation sites excluding steroid dienone is 2. The third-order valence-electron chi connectivity index (χ3n) is 5.40. The summed E-state index contributed by atoms with van der Waals surface area (Å²) < 4.78 is 0. The van der Waals surface area contributed by atoms with Crippen LogP contribution in [0.4, 0.5) is 0 Å². The van der Waals surface area contributed by atoms with Crippen LogP contribution in [0.2, 0.25) is 0 Å². The van der Waals surface area contributed by atoms with Gasteiger partial charge in [-0.2, -0.15) is 0 Å². The fourth-order valence-corrected chi connectivity index (χ4v) is 3.58. The van der Waals surface area contributed by atoms with Gasteiger partial charge in [-0.25, -0.2) is 0 Å². The summed E-state index contributed by atoms with van der Waals surface area (Å²) in [6.07, 6.45) is 31.6. The Bertz CT molecular complexity index is 322. The van der Waals surface area contributed by atoms with Crippen molar-refractivity contribution in [3.8, 4) is 0 Å². The summed E-state index contributed by atoms with van der Waals surface area (Å²) in [5.74, 6) is -0.657. The molecule has 0 spiro atoms. The van der Waals surface area contributed by atoms with Crippen molar-refractivity contribution in [2.45, 2.75) is 142 Å². The summed E-state index contributed by atoms with van der Waals surface area (Å²) in [4.78, 5) is 10.4. The summed E-state index contributed by atoms with van der Waals surface area (Å²) in [5, 5.41) is 8.57. The molecule has 2 nitrogen and oxygen atoms in total. The highest BCUT2D eigenvalue weighted by atomic mass is 16.4. The molecule has 0 atom stereocenters. The Hall–Kier alpha value is -0.790. The summed E-state index contributed by atoms with van der Waals surface area (Å²) in [6.45, 7) is 2.28. The monoisotopic (exact) mass is 380 g/mol. The number of carboxylic acid groups (broad SMARTS) is 1. The maximum absolute atomic E-state index is 10.4. The van der Waals surface area contributed by atoms with E-state index in [1.165, 1.54) is 116 Å². The van der Waals surface area contributed by atoms with E-state index in [0.717, 1.165) is 12.8 Å². The van der Waals surface area contributed by atoms with E-state index in [1.807, 2.05) is 0 Å². The van der Waals surface area contributed by atoms with Crippen molar-refractivity contribution in [3.63, 3.8) is 0 Å². The van der Waals surface area contributed by atoms with Crippen LogP contribution in [-0.2, 0) is 4.79 Å². The first-order valence-electron chi connectivity index (χ1n) is 12.1. The normalized spacial score (nSPS) is 11.4. The number of carboxylic acids is 1. The Labute approximate surface area is 170 Å². The van der Waals surface area contributed by atoms with Crippen LogP contribution in [0.5, 0.6) is 0 Å². The molecule has 0 aromatic carbocycles. The lowest BCUT2D eigenvalue weighted by Gasteiger charge is -2.02. The first-order valence-corrected chi connectivity index (χ1v) is 12.1. The van der Waals surface area contributed by atoms with Gasteiger partial charge in [0.05, 0.1) is 0 Å². The van der Waals surface area contributed by atoms with Crippen molar-refractivity contribution >= 4 is 5.97 Å². The van der Waals surface area contributed by atoms with Gasteiger partial charge in [0.15, 0.2) is 0 Å². The molecule has 2 heteroatoms. The molecular weight excluding hydrogens is 332 g/mol. The van der Waals surface area contributed by atoms with Gasteiger partial charge < -0.3 is 5.11 Å². The van der Waals surface area contributed by atoms with Gasteiger partial charge in [-0.05, 0) is 32.1 Å². The van der Waals surface area contributed by atoms with Crippen molar-refractivity contribution < 1.29 is 9.90 Å². The molecule has 0 amide bonds. The molecule has 1 N–H and O–H groups in total. The van der Waals surface area contributed by atoms with E-state index in [-0.39, 0.29) is 0 Å². The highest BCUT2D eigenvalue weighted by molar-refractivity contribution is 5.66. The second kappa shape index (κ2) is 23.2. The predicted molar refractivity (Wildman–Crippen MR) is 119 cm³/mol. The molecule has 0 aromatic heterocycles. The van der Waals surface area contributed by atoms with Crippen molar-refractivity contribution in [2.24, 2.45) is 0 Å². The van der Waals surface area contributed by atoms with Gasteiger partial charge in [-0.3, -0.25) is 4.79 Å². The number of hydrogen-bond acceptors (Lipinski definition) is 1. The number of rotatable bonds is 22. The zero-order chi connectivity index (χ0) is 19.8. The molecule has 0 heterocycles. The Kier molecular flexibility index (Phi) is 22.6. The minimum absolute atomic E-state index is 0.337. The van der Waals surface area contributed by atoms with E-state index >= 15 is 0 Å². The van der Waals surface area contributed by atoms with Crippen LogP contribution >= 0.6 is 0 Å². The Balaban J connectivity index is 3.08. The SMILES string of the molecule is CCCCCCCCCCCCCC=CCCCCCCCCCC(=O)O. The zero-order valence-corrected chi connectivity index (χ0v) is 18.4. The maximum Gasteiger partial charge on any atom is 0.303 e. The van der Waals surface area contributed by atoms with E-state index in [0.29, 0.717) is 6.42 Å². The second-order valence-electron chi connectivity index (χ2n) is 8.20. The molecule has 0 fully saturated rings. The van der Waals surface area contributed by atoms with Crippen LogP contribution < -0.4 is 0 Å². The molecule has 0 radical (unpaired) electrons. The fourth-order valence-electron chi connectivity index (χ4n) is 3.58. The van der Waals surface area contributed by atoms with Gasteiger partial charge in [-0.1, -0.05) is 115 Å². The van der Waals surface area contributed by atoms with Crippen LogP contribution in [0, 0.1) is 0 Å². The van der Waals surface area contributed by atoms with E-state index in [9.17, 15) is 4.79 Å². The Morgan fingerprint density at radius 1 is 0.556 bits per heavy atom. The topological polar surface area (TPSA) is 37.3 Å². The second-order valence-corrected chi connectivity index (χ2v) is 8.20. The number of carbonyl (C=O) groups is 1. The standard InChI is InChI=1S/C25H48O2/c1-2-3-4-5-6-7-8-9-10-11-12-13-14-15-16-17-18-19-20-21-22-23-24-25(26)27/h14-15H,2-13,16-24H2,1H3,(H,26,27). The summed E-state index contributed by atoms with van der Waals surface area (Å²) in [6, 6.07) is 0. The number of hydrogen-bond donors (Lipinski definition) is 1. The van der Waals surface area contributed by atoms with Gasteiger partial charge >= 0.3 is 5.97 Å². The van der Waals surface area contributed by atoms with Crippen molar-refractivity contribution in [3.05, 3.63) is 12.2 Å². The smallest absolute Gasteiger partial charge is 0.303 e. The molecule has 0 aliphatic carbocycles. The average Bonchev–Trinajstić information content (AvgIpc) is 2.65. The van der Waals surface area contributed by atoms with E-state index in [1.54, 1.807) is 0 Å². The number of aliphatic carboxylic acids is 1. The average molecular weight is 381 g/mol. The van der Waals surface area contributed by atoms with Crippen molar-refractivity contribution in [2.75, 3.05) is 0 Å². The van der Waals surface area contributed by atoms with Gasteiger partial charge in [0.2, 0.25) is 0 Å². The molecule has 0 aromatic rings. The van der Waals surface area contributed by atoms with Crippen molar-refractivity contribution in [1.82, 2.24) is 0 Å². The quantitative estimate of drug-likeness (QED) is 0.150. The largest absolute Gasteiger partial charge is 0.481 e. The number of unbranched alkanes of at least 4 members (excludes halogenated alkanes) is 18. The molecule has 0 aliphatic rings. The first-order chi connectivity index (χ1) is 13.3. The molecule has 0 rings (SSSR count). The zero-order valence-electron chi connectivity index (χ0n) is 18.4. The molecule has 0 saturated carbocycles. The Morgan fingerprint density at radius 3 is 1.26 bits per heavy atom. The lowest BCUT2D eigenvalue weighted by molar-refractivity contribution is -0.137. The summed E-state index contributed by atoms with van der Waals surface area (Å²) in [5.41, 5.74) is 0. The molecule has 0 bridgehead atoms. The van der Waals surface area contributed by atoms with Gasteiger partial charge in [0.1, 0.15) is 0 Å². The highest BCUT2D eigenvalue weighted by Crippen LogP contribution is 2.13. The lowest BCUT2D eigenvalue weighted by Crippen LogP contribution is -1.93. The van der Waals surface area contributed by atoms with Gasteiger partial charge in [-0.15, -0.1) is 0 Å². The third-order valence-corrected chi connectivity index (χ3v) is 5.40. The molecule has 0 saturated heterocycles. The van der Waals surface area contributed by atoms with Crippen molar-refractivity contribution in [1.29, 1.82) is 0 Å². The highest BCUT2D eigenvalue weighted by Gasteiger charge is 1.96. The Morgan fingerprint density at radius 2 is 0.889 bits per heavy atom. The third kappa shape index (κ3) is 25.2. The van der Waals surface area contributed by atoms with Crippen LogP contribution in [0.3, 0.4) is 0 Å². The molecule has 160 valence electrons. The molecule has 27 heavy (non-hydrogen) atoms. The predicted octanol–water partition coefficient (Wildman–Crippen LogP) is 8.84. The summed E-state index contributed by atoms with van der Waals surface area (Å²) in [7, 11) is 0. The van der Waals surface area contributed by atoms with Crippen LogP contribution in [0.25, 0.3) is 0 Å². The first kappa shape index (κ1) is 26.2. The lowest BCUT2D eigenvalue weighted by atomic mass is 10.0. The van der Waals surface area contributed by atoms with Crippen LogP contribution in [-0.4, -0.2) is 11.1 Å².